The van der Waals surface area contributed by atoms with E-state index in [1.807, 2.05) is 0 Å². The molecule has 1 atom stereocenters. The predicted molar refractivity (Wildman–Crippen MR) is 89.0 cm³/mol. The van der Waals surface area contributed by atoms with Crippen LogP contribution in [0.1, 0.15) is 24.5 Å². The second-order valence-corrected chi connectivity index (χ2v) is 5.92. The van der Waals surface area contributed by atoms with Gasteiger partial charge in [-0.15, -0.1) is 0 Å². The average molecular weight is 335 g/mol. The fourth-order valence-corrected chi connectivity index (χ4v) is 2.74. The number of anilines is 1. The molecule has 0 radical (unpaired) electrons. The van der Waals surface area contributed by atoms with E-state index in [1.54, 1.807) is 30.5 Å². The van der Waals surface area contributed by atoms with Crippen molar-refractivity contribution in [3.8, 4) is 5.75 Å². The van der Waals surface area contributed by atoms with E-state index in [4.69, 9.17) is 16.3 Å². The average Bonchev–Trinajstić information content (AvgIpc) is 3.20. The van der Waals surface area contributed by atoms with Crippen molar-refractivity contribution < 1.29 is 9.53 Å². The normalized spacial score (nSPS) is 17.2. The van der Waals surface area contributed by atoms with Crippen LogP contribution < -0.4 is 15.4 Å². The molecule has 1 aromatic carbocycles. The number of H-pyrrole nitrogens is 1. The number of amides is 1. The molecule has 2 heterocycles. The standard InChI is InChI=1S/C16H19ClN4O2/c17-12-1-3-13(4-2-12)23-8-6-15(22)20-14-10-19-21-16(14)11-5-7-18-9-11/h1-4,10-11,18H,5-9H2,(H,19,21)(H,20,22). The Morgan fingerprint density at radius 3 is 2.96 bits per heavy atom. The summed E-state index contributed by atoms with van der Waals surface area (Å²) in [5.74, 6) is 0.980. The number of rotatable bonds is 6. The summed E-state index contributed by atoms with van der Waals surface area (Å²) in [4.78, 5) is 12.1. The Kier molecular flexibility index (Phi) is 5.15. The lowest BCUT2D eigenvalue weighted by Crippen LogP contribution is -2.17. The minimum Gasteiger partial charge on any atom is -0.493 e. The monoisotopic (exact) mass is 334 g/mol. The van der Waals surface area contributed by atoms with Crippen LogP contribution >= 0.6 is 11.6 Å². The number of nitrogens with one attached hydrogen (secondary N) is 3. The van der Waals surface area contributed by atoms with Crippen molar-refractivity contribution in [3.63, 3.8) is 0 Å². The first-order chi connectivity index (χ1) is 11.2. The minimum absolute atomic E-state index is 0.0902. The van der Waals surface area contributed by atoms with Crippen LogP contribution in [-0.2, 0) is 4.79 Å². The summed E-state index contributed by atoms with van der Waals surface area (Å²) < 4.78 is 5.53. The summed E-state index contributed by atoms with van der Waals surface area (Å²) in [6.45, 7) is 2.21. The molecule has 122 valence electrons. The number of carbonyl (C=O) groups excluding carboxylic acids is 1. The van der Waals surface area contributed by atoms with Crippen LogP contribution in [0.3, 0.4) is 0 Å². The van der Waals surface area contributed by atoms with Crippen LogP contribution in [0.4, 0.5) is 5.69 Å². The van der Waals surface area contributed by atoms with Gasteiger partial charge < -0.3 is 15.4 Å². The summed E-state index contributed by atoms with van der Waals surface area (Å²) >= 11 is 5.81. The van der Waals surface area contributed by atoms with E-state index in [2.05, 4.69) is 20.8 Å². The number of aromatic amines is 1. The second-order valence-electron chi connectivity index (χ2n) is 5.49. The smallest absolute Gasteiger partial charge is 0.227 e. The van der Waals surface area contributed by atoms with E-state index in [1.165, 1.54) is 0 Å². The number of aromatic nitrogens is 2. The molecule has 1 saturated heterocycles. The van der Waals surface area contributed by atoms with E-state index in [0.29, 0.717) is 23.3 Å². The van der Waals surface area contributed by atoms with Gasteiger partial charge in [-0.1, -0.05) is 11.6 Å². The molecule has 3 rings (SSSR count). The Balaban J connectivity index is 1.48. The first kappa shape index (κ1) is 15.8. The molecule has 7 heteroatoms. The largest absolute Gasteiger partial charge is 0.493 e. The van der Waals surface area contributed by atoms with Crippen LogP contribution in [0.15, 0.2) is 30.5 Å². The summed E-state index contributed by atoms with van der Waals surface area (Å²) in [5.41, 5.74) is 1.75. The van der Waals surface area contributed by atoms with Crippen molar-refractivity contribution in [2.75, 3.05) is 25.0 Å². The van der Waals surface area contributed by atoms with Crippen molar-refractivity contribution in [1.29, 1.82) is 0 Å². The summed E-state index contributed by atoms with van der Waals surface area (Å²) in [6.07, 6.45) is 2.98. The van der Waals surface area contributed by atoms with Crippen molar-refractivity contribution in [1.82, 2.24) is 15.5 Å². The number of carbonyl (C=O) groups is 1. The third-order valence-corrected chi connectivity index (χ3v) is 4.07. The Morgan fingerprint density at radius 2 is 2.22 bits per heavy atom. The van der Waals surface area contributed by atoms with E-state index in [9.17, 15) is 4.79 Å². The van der Waals surface area contributed by atoms with Gasteiger partial charge in [0.1, 0.15) is 5.75 Å². The molecule has 0 spiro atoms. The van der Waals surface area contributed by atoms with Crippen LogP contribution in [0.25, 0.3) is 0 Å². The van der Waals surface area contributed by atoms with Gasteiger partial charge in [0.15, 0.2) is 0 Å². The molecular weight excluding hydrogens is 316 g/mol. The highest BCUT2D eigenvalue weighted by atomic mass is 35.5. The van der Waals surface area contributed by atoms with Gasteiger partial charge in [-0.3, -0.25) is 9.89 Å². The number of ether oxygens (including phenoxy) is 1. The third kappa shape index (κ3) is 4.24. The van der Waals surface area contributed by atoms with Gasteiger partial charge in [-0.25, -0.2) is 0 Å². The van der Waals surface area contributed by atoms with Gasteiger partial charge >= 0.3 is 0 Å². The molecule has 0 bridgehead atoms. The molecule has 1 amide bonds. The topological polar surface area (TPSA) is 79.0 Å². The molecule has 1 aromatic heterocycles. The molecule has 23 heavy (non-hydrogen) atoms. The molecule has 1 unspecified atom stereocenters. The Hall–Kier alpha value is -2.05. The maximum Gasteiger partial charge on any atom is 0.227 e. The highest BCUT2D eigenvalue weighted by Gasteiger charge is 2.22. The lowest BCUT2D eigenvalue weighted by molar-refractivity contribution is -0.116. The molecule has 2 aromatic rings. The fraction of sp³-hybridized carbons (Fsp3) is 0.375. The van der Waals surface area contributed by atoms with Gasteiger partial charge in [-0.05, 0) is 37.2 Å². The van der Waals surface area contributed by atoms with Gasteiger partial charge in [0.05, 0.1) is 30.6 Å². The maximum atomic E-state index is 12.1. The van der Waals surface area contributed by atoms with Crippen molar-refractivity contribution in [2.45, 2.75) is 18.8 Å². The van der Waals surface area contributed by atoms with Crippen molar-refractivity contribution in [3.05, 3.63) is 41.2 Å². The number of halogens is 1. The quantitative estimate of drug-likeness (QED) is 0.758. The lowest BCUT2D eigenvalue weighted by atomic mass is 10.0. The Labute approximate surface area is 139 Å². The highest BCUT2D eigenvalue weighted by Crippen LogP contribution is 2.26. The molecule has 1 aliphatic rings. The zero-order chi connectivity index (χ0) is 16.1. The number of hydrogen-bond acceptors (Lipinski definition) is 4. The molecule has 3 N–H and O–H groups in total. The van der Waals surface area contributed by atoms with E-state index in [0.717, 1.165) is 30.9 Å². The first-order valence-electron chi connectivity index (χ1n) is 7.64. The minimum atomic E-state index is -0.0902. The molecular formula is C16H19ClN4O2. The third-order valence-electron chi connectivity index (χ3n) is 3.82. The highest BCUT2D eigenvalue weighted by molar-refractivity contribution is 6.30. The van der Waals surface area contributed by atoms with Crippen LogP contribution in [0.2, 0.25) is 5.02 Å². The lowest BCUT2D eigenvalue weighted by Gasteiger charge is -2.10. The molecule has 1 fully saturated rings. The molecule has 6 nitrogen and oxygen atoms in total. The molecule has 1 aliphatic heterocycles. The van der Waals surface area contributed by atoms with E-state index < -0.39 is 0 Å². The van der Waals surface area contributed by atoms with Crippen LogP contribution in [0, 0.1) is 0 Å². The molecule has 0 aliphatic carbocycles. The SMILES string of the molecule is O=C(CCOc1ccc(Cl)cc1)Nc1cn[nH]c1C1CCNC1. The maximum absolute atomic E-state index is 12.1. The van der Waals surface area contributed by atoms with E-state index in [-0.39, 0.29) is 12.3 Å². The fourth-order valence-electron chi connectivity index (χ4n) is 2.61. The summed E-state index contributed by atoms with van der Waals surface area (Å²) in [6, 6.07) is 7.07. The van der Waals surface area contributed by atoms with Gasteiger partial charge in [0.2, 0.25) is 5.91 Å². The predicted octanol–water partition coefficient (Wildman–Crippen LogP) is 2.55. The van der Waals surface area contributed by atoms with Crippen molar-refractivity contribution in [2.24, 2.45) is 0 Å². The van der Waals surface area contributed by atoms with Crippen molar-refractivity contribution >= 4 is 23.2 Å². The number of nitrogens with zero attached hydrogens (tertiary/aromatic N) is 1. The zero-order valence-electron chi connectivity index (χ0n) is 12.6. The van der Waals surface area contributed by atoms with E-state index >= 15 is 0 Å². The summed E-state index contributed by atoms with van der Waals surface area (Å²) in [5, 5.41) is 13.9. The second kappa shape index (κ2) is 7.48. The van der Waals surface area contributed by atoms with Gasteiger partial charge in [0.25, 0.3) is 0 Å². The molecule has 0 saturated carbocycles. The van der Waals surface area contributed by atoms with Crippen LogP contribution in [0.5, 0.6) is 5.75 Å². The first-order valence-corrected chi connectivity index (χ1v) is 8.02. The van der Waals surface area contributed by atoms with Crippen LogP contribution in [-0.4, -0.2) is 35.8 Å². The summed E-state index contributed by atoms with van der Waals surface area (Å²) in [7, 11) is 0. The van der Waals surface area contributed by atoms with Gasteiger partial charge in [0, 0.05) is 17.5 Å². The number of benzene rings is 1. The Bertz CT molecular complexity index is 650. The van der Waals surface area contributed by atoms with Gasteiger partial charge in [-0.2, -0.15) is 5.10 Å². The zero-order valence-corrected chi connectivity index (χ0v) is 13.4. The number of hydrogen-bond donors (Lipinski definition) is 3. The Morgan fingerprint density at radius 1 is 1.39 bits per heavy atom.